The lowest BCUT2D eigenvalue weighted by molar-refractivity contribution is 0.163. The van der Waals surface area contributed by atoms with E-state index in [9.17, 15) is 0 Å². The molecule has 0 saturated carbocycles. The van der Waals surface area contributed by atoms with Crippen molar-refractivity contribution >= 4 is 5.84 Å². The Hall–Kier alpha value is -0.610. The molecule has 0 aliphatic heterocycles. The Balaban J connectivity index is 3.77. The molecule has 0 radical (unpaired) electrons. The number of methoxy groups -OCH3 is 1. The number of aliphatic imine (C=N–C) groups is 1. The highest BCUT2D eigenvalue weighted by molar-refractivity contribution is 5.85. The van der Waals surface area contributed by atoms with Crippen LogP contribution >= 0.6 is 0 Å². The lowest BCUT2D eigenvalue weighted by atomic mass is 9.95. The van der Waals surface area contributed by atoms with Crippen LogP contribution in [0.5, 0.6) is 0 Å². The van der Waals surface area contributed by atoms with Crippen LogP contribution in [0.25, 0.3) is 0 Å². The largest absolute Gasteiger partial charge is 0.387 e. The zero-order valence-electron chi connectivity index (χ0n) is 10.7. The number of hydrogen-bond acceptors (Lipinski definition) is 3. The lowest BCUT2D eigenvalue weighted by Crippen LogP contribution is -2.31. The minimum atomic E-state index is -0.0227. The van der Waals surface area contributed by atoms with E-state index in [1.165, 1.54) is 0 Å². The van der Waals surface area contributed by atoms with Crippen molar-refractivity contribution in [2.24, 2.45) is 16.1 Å². The molecule has 4 nitrogen and oxygen atoms in total. The third kappa shape index (κ3) is 7.33. The maximum atomic E-state index is 5.84. The average molecular weight is 215 g/mol. The molecule has 0 fully saturated rings. The van der Waals surface area contributed by atoms with Gasteiger partial charge in [0.25, 0.3) is 0 Å². The van der Waals surface area contributed by atoms with Crippen LogP contribution in [-0.4, -0.2) is 51.1 Å². The summed E-state index contributed by atoms with van der Waals surface area (Å²) in [6.45, 7) is 9.57. The Morgan fingerprint density at radius 3 is 2.40 bits per heavy atom. The number of nitrogens with zero attached hydrogens (tertiary/aromatic N) is 2. The van der Waals surface area contributed by atoms with Crippen LogP contribution in [0.15, 0.2) is 4.99 Å². The Labute approximate surface area is 93.5 Å². The highest BCUT2D eigenvalue weighted by Crippen LogP contribution is 2.12. The molecule has 0 amide bonds. The Morgan fingerprint density at radius 2 is 1.93 bits per heavy atom. The fourth-order valence-electron chi connectivity index (χ4n) is 0.937. The van der Waals surface area contributed by atoms with E-state index < -0.39 is 0 Å². The molecule has 0 bridgehead atoms. The van der Waals surface area contributed by atoms with E-state index >= 15 is 0 Å². The van der Waals surface area contributed by atoms with Crippen LogP contribution in [0.1, 0.15) is 20.8 Å². The van der Waals surface area contributed by atoms with Crippen LogP contribution in [-0.2, 0) is 4.74 Å². The van der Waals surface area contributed by atoms with E-state index in [1.807, 2.05) is 0 Å². The van der Waals surface area contributed by atoms with Gasteiger partial charge in [-0.15, -0.1) is 0 Å². The zero-order valence-corrected chi connectivity index (χ0v) is 10.7. The first kappa shape index (κ1) is 14.4. The van der Waals surface area contributed by atoms with Crippen molar-refractivity contribution in [2.45, 2.75) is 20.8 Å². The first-order chi connectivity index (χ1) is 6.88. The van der Waals surface area contributed by atoms with Gasteiger partial charge in [-0.3, -0.25) is 4.99 Å². The SMILES string of the molecule is COCCN(C)CCN=C(N)C(C)(C)C. The molecule has 0 atom stereocenters. The van der Waals surface area contributed by atoms with Gasteiger partial charge in [0.1, 0.15) is 0 Å². The summed E-state index contributed by atoms with van der Waals surface area (Å²) >= 11 is 0. The lowest BCUT2D eigenvalue weighted by Gasteiger charge is -2.19. The van der Waals surface area contributed by atoms with Gasteiger partial charge in [-0.2, -0.15) is 0 Å². The van der Waals surface area contributed by atoms with Gasteiger partial charge in [0.15, 0.2) is 0 Å². The standard InChI is InChI=1S/C11H25N3O/c1-11(2,3)10(12)13-6-7-14(4)8-9-15-5/h6-9H2,1-5H3,(H2,12,13). The Bertz CT molecular complexity index is 196. The normalized spacial score (nSPS) is 13.6. The van der Waals surface area contributed by atoms with E-state index in [-0.39, 0.29) is 5.41 Å². The highest BCUT2D eigenvalue weighted by Gasteiger charge is 2.14. The van der Waals surface area contributed by atoms with Crippen molar-refractivity contribution in [3.05, 3.63) is 0 Å². The second-order valence-corrected chi connectivity index (χ2v) is 4.81. The fraction of sp³-hybridized carbons (Fsp3) is 0.909. The van der Waals surface area contributed by atoms with Crippen molar-refractivity contribution in [2.75, 3.05) is 40.4 Å². The van der Waals surface area contributed by atoms with Crippen LogP contribution in [0, 0.1) is 5.41 Å². The number of amidine groups is 1. The topological polar surface area (TPSA) is 50.8 Å². The zero-order chi connectivity index (χ0) is 11.9. The third-order valence-electron chi connectivity index (χ3n) is 2.21. The first-order valence-corrected chi connectivity index (χ1v) is 5.36. The van der Waals surface area contributed by atoms with Crippen LogP contribution < -0.4 is 5.73 Å². The van der Waals surface area contributed by atoms with Crippen molar-refractivity contribution in [1.29, 1.82) is 0 Å². The molecule has 0 aliphatic rings. The van der Waals surface area contributed by atoms with Crippen molar-refractivity contribution in [3.8, 4) is 0 Å². The highest BCUT2D eigenvalue weighted by atomic mass is 16.5. The van der Waals surface area contributed by atoms with Crippen LogP contribution in [0.4, 0.5) is 0 Å². The maximum Gasteiger partial charge on any atom is 0.0991 e. The molecule has 0 unspecified atom stereocenters. The van der Waals surface area contributed by atoms with Gasteiger partial charge < -0.3 is 15.4 Å². The molecule has 0 spiro atoms. The fourth-order valence-corrected chi connectivity index (χ4v) is 0.937. The smallest absolute Gasteiger partial charge is 0.0991 e. The number of hydrogen-bond donors (Lipinski definition) is 1. The summed E-state index contributed by atoms with van der Waals surface area (Å²) in [5.41, 5.74) is 5.82. The molecular formula is C11H25N3O. The molecule has 2 N–H and O–H groups in total. The second-order valence-electron chi connectivity index (χ2n) is 4.81. The average Bonchev–Trinajstić information content (AvgIpc) is 2.13. The van der Waals surface area contributed by atoms with E-state index in [0.29, 0.717) is 0 Å². The first-order valence-electron chi connectivity index (χ1n) is 5.36. The monoisotopic (exact) mass is 215 g/mol. The minimum absolute atomic E-state index is 0.0227. The predicted octanol–water partition coefficient (Wildman–Crippen LogP) is 0.968. The van der Waals surface area contributed by atoms with Crippen molar-refractivity contribution in [1.82, 2.24) is 4.90 Å². The van der Waals surface area contributed by atoms with Crippen molar-refractivity contribution < 1.29 is 4.74 Å². The molecule has 0 saturated heterocycles. The number of rotatable bonds is 6. The summed E-state index contributed by atoms with van der Waals surface area (Å²) in [6.07, 6.45) is 0. The van der Waals surface area contributed by atoms with Gasteiger partial charge >= 0.3 is 0 Å². The molecular weight excluding hydrogens is 190 g/mol. The summed E-state index contributed by atoms with van der Waals surface area (Å²) in [5.74, 6) is 0.725. The van der Waals surface area contributed by atoms with E-state index in [2.05, 4.69) is 37.7 Å². The second kappa shape index (κ2) is 6.80. The van der Waals surface area contributed by atoms with Crippen molar-refractivity contribution in [3.63, 3.8) is 0 Å². The molecule has 0 aliphatic carbocycles. The van der Waals surface area contributed by atoms with Gasteiger partial charge in [-0.25, -0.2) is 0 Å². The Morgan fingerprint density at radius 1 is 1.33 bits per heavy atom. The van der Waals surface area contributed by atoms with E-state index in [4.69, 9.17) is 10.5 Å². The molecule has 0 heterocycles. The predicted molar refractivity (Wildman–Crippen MR) is 65.3 cm³/mol. The molecule has 0 aromatic heterocycles. The van der Waals surface area contributed by atoms with Gasteiger partial charge in [0, 0.05) is 25.6 Å². The maximum absolute atomic E-state index is 5.84. The molecule has 0 aromatic rings. The number of nitrogens with two attached hydrogens (primary N) is 1. The molecule has 0 aromatic carbocycles. The van der Waals surface area contributed by atoms with Gasteiger partial charge in [0.05, 0.1) is 19.0 Å². The summed E-state index contributed by atoms with van der Waals surface area (Å²) in [7, 11) is 3.77. The summed E-state index contributed by atoms with van der Waals surface area (Å²) in [6, 6.07) is 0. The van der Waals surface area contributed by atoms with E-state index in [1.54, 1.807) is 7.11 Å². The summed E-state index contributed by atoms with van der Waals surface area (Å²) < 4.78 is 4.99. The van der Waals surface area contributed by atoms with Gasteiger partial charge in [-0.1, -0.05) is 20.8 Å². The minimum Gasteiger partial charge on any atom is -0.387 e. The van der Waals surface area contributed by atoms with Crippen LogP contribution in [0.2, 0.25) is 0 Å². The van der Waals surface area contributed by atoms with E-state index in [0.717, 1.165) is 32.1 Å². The Kier molecular flexibility index (Phi) is 6.52. The third-order valence-corrected chi connectivity index (χ3v) is 2.21. The summed E-state index contributed by atoms with van der Waals surface area (Å²) in [5, 5.41) is 0. The quantitative estimate of drug-likeness (QED) is 0.530. The molecule has 0 rings (SSSR count). The number of ether oxygens (including phenoxy) is 1. The number of likely N-dealkylation sites (N-methyl/N-ethyl adjacent to an activating group) is 1. The summed E-state index contributed by atoms with van der Waals surface area (Å²) in [4.78, 5) is 6.54. The molecule has 15 heavy (non-hydrogen) atoms. The molecule has 90 valence electrons. The van der Waals surface area contributed by atoms with Crippen LogP contribution in [0.3, 0.4) is 0 Å². The molecule has 4 heteroatoms. The van der Waals surface area contributed by atoms with Gasteiger partial charge in [-0.05, 0) is 7.05 Å². The van der Waals surface area contributed by atoms with Gasteiger partial charge in [0.2, 0.25) is 0 Å².